The van der Waals surface area contributed by atoms with Crippen LogP contribution < -0.4 is 0 Å². The fraction of sp³-hybridized carbons (Fsp3) is 1.00. The maximum absolute atomic E-state index is 10.8. The van der Waals surface area contributed by atoms with Gasteiger partial charge in [0.25, 0.3) is 0 Å². The van der Waals surface area contributed by atoms with Crippen molar-refractivity contribution < 1.29 is 29.9 Å². The molecule has 6 nitrogen and oxygen atoms in total. The molecule has 0 amide bonds. The number of hydrogen-bond donors (Lipinski definition) is 4. The molecule has 22 heavy (non-hydrogen) atoms. The van der Waals surface area contributed by atoms with Crippen molar-refractivity contribution >= 4 is 0 Å². The third-order valence-corrected chi connectivity index (χ3v) is 5.72. The fourth-order valence-corrected chi connectivity index (χ4v) is 4.11. The molecule has 1 aliphatic rings. The van der Waals surface area contributed by atoms with Crippen LogP contribution in [-0.4, -0.2) is 58.4 Å². The van der Waals surface area contributed by atoms with Gasteiger partial charge in [0.2, 0.25) is 0 Å². The highest BCUT2D eigenvalue weighted by Crippen LogP contribution is 2.50. The van der Waals surface area contributed by atoms with Crippen molar-refractivity contribution in [3.05, 3.63) is 0 Å². The molecule has 8 atom stereocenters. The van der Waals surface area contributed by atoms with E-state index in [4.69, 9.17) is 9.47 Å². The minimum Gasteiger partial charge on any atom is -0.385 e. The van der Waals surface area contributed by atoms with E-state index in [0.29, 0.717) is 0 Å². The predicted octanol–water partition coefficient (Wildman–Crippen LogP) is 0.716. The summed E-state index contributed by atoms with van der Waals surface area (Å²) in [4.78, 5) is 0. The second kappa shape index (κ2) is 7.11. The summed E-state index contributed by atoms with van der Waals surface area (Å²) in [5.74, 6) is -0.488. The lowest BCUT2D eigenvalue weighted by molar-refractivity contribution is -0.243. The highest BCUT2D eigenvalue weighted by Gasteiger charge is 2.54. The Hall–Kier alpha value is -0.240. The van der Waals surface area contributed by atoms with Crippen LogP contribution in [0.4, 0.5) is 0 Å². The van der Waals surface area contributed by atoms with E-state index in [9.17, 15) is 20.4 Å². The monoisotopic (exact) mass is 320 g/mol. The van der Waals surface area contributed by atoms with Gasteiger partial charge in [0.15, 0.2) is 12.6 Å². The second-order valence-electron chi connectivity index (χ2n) is 7.16. The Morgan fingerprint density at radius 2 is 1.50 bits per heavy atom. The molecule has 0 aromatic heterocycles. The van der Waals surface area contributed by atoms with E-state index in [1.807, 2.05) is 13.8 Å². The van der Waals surface area contributed by atoms with Crippen LogP contribution in [0, 0.1) is 23.7 Å². The van der Waals surface area contributed by atoms with Gasteiger partial charge >= 0.3 is 0 Å². The summed E-state index contributed by atoms with van der Waals surface area (Å²) in [6.45, 7) is 6.96. The van der Waals surface area contributed by atoms with Gasteiger partial charge in [-0.1, -0.05) is 20.3 Å². The quantitative estimate of drug-likeness (QED) is 0.516. The zero-order valence-electron chi connectivity index (χ0n) is 14.5. The average molecular weight is 320 g/mol. The summed E-state index contributed by atoms with van der Waals surface area (Å²) >= 11 is 0. The van der Waals surface area contributed by atoms with Gasteiger partial charge < -0.3 is 29.9 Å². The lowest BCUT2D eigenvalue weighted by Gasteiger charge is -2.45. The molecule has 0 saturated heterocycles. The molecular weight excluding hydrogens is 288 g/mol. The Morgan fingerprint density at radius 1 is 1.00 bits per heavy atom. The van der Waals surface area contributed by atoms with E-state index < -0.39 is 23.8 Å². The maximum atomic E-state index is 10.8. The highest BCUT2D eigenvalue weighted by atomic mass is 16.6. The molecule has 0 aliphatic heterocycles. The summed E-state index contributed by atoms with van der Waals surface area (Å²) < 4.78 is 9.81. The van der Waals surface area contributed by atoms with Crippen LogP contribution in [0.5, 0.6) is 0 Å². The fourth-order valence-electron chi connectivity index (χ4n) is 4.11. The minimum absolute atomic E-state index is 0.0744. The van der Waals surface area contributed by atoms with Gasteiger partial charge in [0.1, 0.15) is 11.2 Å². The molecule has 0 spiro atoms. The van der Waals surface area contributed by atoms with Gasteiger partial charge in [0, 0.05) is 14.2 Å². The van der Waals surface area contributed by atoms with Crippen LogP contribution in [0.1, 0.15) is 40.5 Å². The lowest BCUT2D eigenvalue weighted by atomic mass is 9.68. The van der Waals surface area contributed by atoms with Crippen molar-refractivity contribution in [1.29, 1.82) is 0 Å². The van der Waals surface area contributed by atoms with Gasteiger partial charge in [-0.15, -0.1) is 0 Å². The first-order chi connectivity index (χ1) is 10.0. The highest BCUT2D eigenvalue weighted by molar-refractivity contribution is 5.01. The first kappa shape index (κ1) is 19.8. The molecule has 1 saturated carbocycles. The molecule has 132 valence electrons. The van der Waals surface area contributed by atoms with Crippen molar-refractivity contribution in [2.75, 3.05) is 14.2 Å². The topological polar surface area (TPSA) is 99.4 Å². The third kappa shape index (κ3) is 3.47. The molecule has 4 N–H and O–H groups in total. The SMILES string of the molecule is CO[C@@H](O)[C@@](C)(O)C(C)C1CCC(C)C1[C@](C)(O)[C@H](O)OC. The van der Waals surface area contributed by atoms with Crippen LogP contribution in [0.2, 0.25) is 0 Å². The Morgan fingerprint density at radius 3 is 1.95 bits per heavy atom. The van der Waals surface area contributed by atoms with E-state index in [1.54, 1.807) is 6.92 Å². The van der Waals surface area contributed by atoms with Gasteiger partial charge in [-0.2, -0.15) is 0 Å². The van der Waals surface area contributed by atoms with Crippen molar-refractivity contribution in [2.45, 2.75) is 64.3 Å². The van der Waals surface area contributed by atoms with Gasteiger partial charge in [-0.25, -0.2) is 0 Å². The average Bonchev–Trinajstić information content (AvgIpc) is 2.86. The molecular formula is C16H32O6. The van der Waals surface area contributed by atoms with Crippen molar-refractivity contribution in [3.8, 4) is 0 Å². The van der Waals surface area contributed by atoms with E-state index in [1.165, 1.54) is 21.1 Å². The van der Waals surface area contributed by atoms with E-state index >= 15 is 0 Å². The van der Waals surface area contributed by atoms with E-state index in [0.717, 1.165) is 12.8 Å². The van der Waals surface area contributed by atoms with Crippen molar-refractivity contribution in [3.63, 3.8) is 0 Å². The largest absolute Gasteiger partial charge is 0.385 e. The molecule has 0 bridgehead atoms. The molecule has 0 heterocycles. The van der Waals surface area contributed by atoms with E-state index in [-0.39, 0.29) is 23.7 Å². The first-order valence-corrected chi connectivity index (χ1v) is 7.88. The normalized spacial score (nSPS) is 35.5. The molecule has 4 unspecified atom stereocenters. The number of aliphatic hydroxyl groups excluding tert-OH is 2. The van der Waals surface area contributed by atoms with Crippen LogP contribution in [-0.2, 0) is 9.47 Å². The smallest absolute Gasteiger partial charge is 0.183 e. The summed E-state index contributed by atoms with van der Waals surface area (Å²) in [5.41, 5.74) is -2.88. The Kier molecular flexibility index (Phi) is 6.40. The number of rotatable bonds is 7. The zero-order chi connectivity index (χ0) is 17.3. The number of ether oxygens (including phenoxy) is 2. The van der Waals surface area contributed by atoms with Crippen molar-refractivity contribution in [2.24, 2.45) is 23.7 Å². The Balaban J connectivity index is 3.07. The Labute approximate surface area is 133 Å². The summed E-state index contributed by atoms with van der Waals surface area (Å²) in [6.07, 6.45) is -0.932. The minimum atomic E-state index is -1.45. The standard InChI is InChI=1S/C16H32O6/c1-9-7-8-11(10(2)15(3,19)13(17)21-5)12(9)16(4,20)14(18)22-6/h9-14,17-20H,7-8H2,1-6H3/t9?,10?,11?,12?,13-,14-,15+,16+/m1/s1. The molecule has 0 radical (unpaired) electrons. The first-order valence-electron chi connectivity index (χ1n) is 7.88. The molecule has 6 heteroatoms. The lowest BCUT2D eigenvalue weighted by Crippen LogP contribution is -2.55. The Bertz CT molecular complexity index is 357. The predicted molar refractivity (Wildman–Crippen MR) is 81.8 cm³/mol. The van der Waals surface area contributed by atoms with Crippen LogP contribution >= 0.6 is 0 Å². The zero-order valence-corrected chi connectivity index (χ0v) is 14.5. The third-order valence-electron chi connectivity index (χ3n) is 5.72. The van der Waals surface area contributed by atoms with Crippen LogP contribution in [0.3, 0.4) is 0 Å². The van der Waals surface area contributed by atoms with Crippen LogP contribution in [0.25, 0.3) is 0 Å². The summed E-state index contributed by atoms with van der Waals surface area (Å²) in [5, 5.41) is 41.3. The summed E-state index contributed by atoms with van der Waals surface area (Å²) in [7, 11) is 2.69. The molecule has 0 aromatic rings. The van der Waals surface area contributed by atoms with Crippen molar-refractivity contribution in [1.82, 2.24) is 0 Å². The summed E-state index contributed by atoms with van der Waals surface area (Å²) in [6, 6.07) is 0. The van der Waals surface area contributed by atoms with Gasteiger partial charge in [-0.05, 0) is 43.9 Å². The maximum Gasteiger partial charge on any atom is 0.183 e. The number of hydrogen-bond acceptors (Lipinski definition) is 6. The van der Waals surface area contributed by atoms with Gasteiger partial charge in [0.05, 0.1) is 0 Å². The van der Waals surface area contributed by atoms with E-state index in [2.05, 4.69) is 0 Å². The molecule has 1 fully saturated rings. The second-order valence-corrected chi connectivity index (χ2v) is 7.16. The molecule has 1 aliphatic carbocycles. The molecule has 0 aromatic carbocycles. The molecule has 1 rings (SSSR count). The number of methoxy groups -OCH3 is 2. The van der Waals surface area contributed by atoms with Gasteiger partial charge in [-0.3, -0.25) is 0 Å². The number of aliphatic hydroxyl groups is 4. The van der Waals surface area contributed by atoms with Crippen LogP contribution in [0.15, 0.2) is 0 Å².